The van der Waals surface area contributed by atoms with Gasteiger partial charge in [0.2, 0.25) is 5.91 Å². The lowest BCUT2D eigenvalue weighted by molar-refractivity contribution is -0.116. The Morgan fingerprint density at radius 1 is 1.47 bits per heavy atom. The topological polar surface area (TPSA) is 64.9 Å². The zero-order chi connectivity index (χ0) is 12.1. The molecule has 0 aromatic heterocycles. The number of hydrogen-bond acceptors (Lipinski definition) is 3. The van der Waals surface area contributed by atoms with E-state index in [1.807, 2.05) is 6.07 Å². The maximum absolute atomic E-state index is 11.7. The normalized spacial score (nSPS) is 18.6. The molecule has 0 spiro atoms. The van der Waals surface area contributed by atoms with Crippen LogP contribution in [0.3, 0.4) is 0 Å². The Bertz CT molecular complexity index is 427. The Balaban J connectivity index is 1.86. The summed E-state index contributed by atoms with van der Waals surface area (Å²) in [6, 6.07) is 8.95. The monoisotopic (exact) mass is 229 g/mol. The Kier molecular flexibility index (Phi) is 3.73. The molecule has 0 radical (unpaired) electrons. The summed E-state index contributed by atoms with van der Waals surface area (Å²) in [6.07, 6.45) is 1.63. The lowest BCUT2D eigenvalue weighted by atomic mass is 10.0. The number of carbonyl (C=O) groups excluding carboxylic acids is 1. The molecule has 1 fully saturated rings. The van der Waals surface area contributed by atoms with Crippen LogP contribution in [-0.4, -0.2) is 19.0 Å². The summed E-state index contributed by atoms with van der Waals surface area (Å²) in [5.74, 6) is 0.497. The van der Waals surface area contributed by atoms with Crippen LogP contribution in [0.1, 0.15) is 18.4 Å². The number of hydrogen-bond donors (Lipinski definition) is 2. The fraction of sp³-hybridized carbons (Fsp3) is 0.385. The first-order valence-corrected chi connectivity index (χ1v) is 5.78. The Hall–Kier alpha value is -1.86. The van der Waals surface area contributed by atoms with Gasteiger partial charge in [0.1, 0.15) is 0 Å². The highest BCUT2D eigenvalue weighted by Crippen LogP contribution is 2.14. The van der Waals surface area contributed by atoms with Crippen molar-refractivity contribution < 1.29 is 4.79 Å². The number of nitrogens with zero attached hydrogens (tertiary/aromatic N) is 1. The highest BCUT2D eigenvalue weighted by Gasteiger charge is 2.17. The van der Waals surface area contributed by atoms with Crippen LogP contribution in [0.4, 0.5) is 5.69 Å². The van der Waals surface area contributed by atoms with E-state index in [-0.39, 0.29) is 5.91 Å². The molecular formula is C13H15N3O. The van der Waals surface area contributed by atoms with E-state index < -0.39 is 0 Å². The van der Waals surface area contributed by atoms with Crippen LogP contribution in [-0.2, 0) is 4.79 Å². The summed E-state index contributed by atoms with van der Waals surface area (Å²) in [5.41, 5.74) is 1.35. The fourth-order valence-corrected chi connectivity index (χ4v) is 1.99. The second-order valence-electron chi connectivity index (χ2n) is 4.30. The van der Waals surface area contributed by atoms with Gasteiger partial charge in [-0.05, 0) is 49.7 Å². The third-order valence-electron chi connectivity index (χ3n) is 2.93. The molecular weight excluding hydrogens is 214 g/mol. The first-order valence-electron chi connectivity index (χ1n) is 5.78. The van der Waals surface area contributed by atoms with Crippen LogP contribution in [0, 0.1) is 17.2 Å². The van der Waals surface area contributed by atoms with Gasteiger partial charge in [0, 0.05) is 12.1 Å². The second-order valence-corrected chi connectivity index (χ2v) is 4.30. The average molecular weight is 229 g/mol. The van der Waals surface area contributed by atoms with Crippen LogP contribution in [0.2, 0.25) is 0 Å². The molecule has 88 valence electrons. The molecule has 1 amide bonds. The molecule has 2 N–H and O–H groups in total. The van der Waals surface area contributed by atoms with Crippen LogP contribution in [0.15, 0.2) is 24.3 Å². The molecule has 0 saturated carbocycles. The minimum absolute atomic E-state index is 0.0448. The number of anilines is 1. The first kappa shape index (κ1) is 11.6. The maximum atomic E-state index is 11.7. The van der Waals surface area contributed by atoms with E-state index in [2.05, 4.69) is 10.6 Å². The summed E-state index contributed by atoms with van der Waals surface area (Å²) < 4.78 is 0. The van der Waals surface area contributed by atoms with E-state index in [1.54, 1.807) is 24.3 Å². The van der Waals surface area contributed by atoms with Gasteiger partial charge in [-0.25, -0.2) is 0 Å². The summed E-state index contributed by atoms with van der Waals surface area (Å²) >= 11 is 0. The van der Waals surface area contributed by atoms with Crippen LogP contribution < -0.4 is 10.6 Å². The summed E-state index contributed by atoms with van der Waals surface area (Å²) in [7, 11) is 0. The lowest BCUT2D eigenvalue weighted by Gasteiger charge is -2.08. The molecule has 1 aliphatic rings. The predicted molar refractivity (Wildman–Crippen MR) is 65.4 cm³/mol. The molecule has 1 atom stereocenters. The van der Waals surface area contributed by atoms with Gasteiger partial charge in [0.25, 0.3) is 0 Å². The van der Waals surface area contributed by atoms with Gasteiger partial charge in [-0.3, -0.25) is 4.79 Å². The van der Waals surface area contributed by atoms with Crippen LogP contribution >= 0.6 is 0 Å². The van der Waals surface area contributed by atoms with E-state index in [4.69, 9.17) is 5.26 Å². The van der Waals surface area contributed by atoms with Crippen LogP contribution in [0.5, 0.6) is 0 Å². The molecule has 1 saturated heterocycles. The van der Waals surface area contributed by atoms with Crippen molar-refractivity contribution in [1.82, 2.24) is 5.32 Å². The van der Waals surface area contributed by atoms with E-state index >= 15 is 0 Å². The third-order valence-corrected chi connectivity index (χ3v) is 2.93. The van der Waals surface area contributed by atoms with Crippen molar-refractivity contribution in [3.05, 3.63) is 29.8 Å². The molecule has 0 bridgehead atoms. The van der Waals surface area contributed by atoms with Crippen molar-refractivity contribution in [2.24, 2.45) is 5.92 Å². The SMILES string of the molecule is N#Cc1ccc(NC(=O)CC2CCNC2)cc1. The molecule has 1 aromatic carbocycles. The smallest absolute Gasteiger partial charge is 0.224 e. The largest absolute Gasteiger partial charge is 0.326 e. The number of nitrogens with one attached hydrogen (secondary N) is 2. The van der Waals surface area contributed by atoms with Gasteiger partial charge >= 0.3 is 0 Å². The quantitative estimate of drug-likeness (QED) is 0.825. The molecule has 2 rings (SSSR count). The van der Waals surface area contributed by atoms with Crippen molar-refractivity contribution >= 4 is 11.6 Å². The van der Waals surface area contributed by atoms with Crippen molar-refractivity contribution in [2.75, 3.05) is 18.4 Å². The molecule has 1 unspecified atom stereocenters. The molecule has 4 nitrogen and oxygen atoms in total. The summed E-state index contributed by atoms with van der Waals surface area (Å²) in [6.45, 7) is 1.94. The lowest BCUT2D eigenvalue weighted by Crippen LogP contribution is -2.18. The van der Waals surface area contributed by atoms with Gasteiger partial charge in [-0.2, -0.15) is 5.26 Å². The third kappa shape index (κ3) is 3.30. The van der Waals surface area contributed by atoms with Gasteiger partial charge in [0.15, 0.2) is 0 Å². The average Bonchev–Trinajstić information content (AvgIpc) is 2.82. The molecule has 17 heavy (non-hydrogen) atoms. The molecule has 1 aliphatic heterocycles. The number of nitriles is 1. The highest BCUT2D eigenvalue weighted by molar-refractivity contribution is 5.90. The van der Waals surface area contributed by atoms with Crippen LogP contribution in [0.25, 0.3) is 0 Å². The zero-order valence-corrected chi connectivity index (χ0v) is 9.57. The summed E-state index contributed by atoms with van der Waals surface area (Å²) in [4.78, 5) is 11.7. The number of carbonyl (C=O) groups is 1. The van der Waals surface area contributed by atoms with Gasteiger partial charge in [-0.1, -0.05) is 0 Å². The number of rotatable bonds is 3. The van der Waals surface area contributed by atoms with Gasteiger partial charge in [0.05, 0.1) is 11.6 Å². The van der Waals surface area contributed by atoms with Gasteiger partial charge in [-0.15, -0.1) is 0 Å². The minimum Gasteiger partial charge on any atom is -0.326 e. The first-order chi connectivity index (χ1) is 8.28. The Morgan fingerprint density at radius 2 is 2.24 bits per heavy atom. The minimum atomic E-state index is 0.0448. The fourth-order valence-electron chi connectivity index (χ4n) is 1.99. The standard InChI is InChI=1S/C13H15N3O/c14-8-10-1-3-12(4-2-10)16-13(17)7-11-5-6-15-9-11/h1-4,11,15H,5-7,9H2,(H,16,17). The number of benzene rings is 1. The predicted octanol–water partition coefficient (Wildman–Crippen LogP) is 1.50. The second kappa shape index (κ2) is 5.46. The van der Waals surface area contributed by atoms with E-state index in [1.165, 1.54) is 0 Å². The molecule has 1 aromatic rings. The molecule has 1 heterocycles. The molecule has 0 aliphatic carbocycles. The van der Waals surface area contributed by atoms with Crippen molar-refractivity contribution in [1.29, 1.82) is 5.26 Å². The van der Waals surface area contributed by atoms with Crippen molar-refractivity contribution in [3.63, 3.8) is 0 Å². The zero-order valence-electron chi connectivity index (χ0n) is 9.57. The molecule has 4 heteroatoms. The van der Waals surface area contributed by atoms with Gasteiger partial charge < -0.3 is 10.6 Å². The summed E-state index contributed by atoms with van der Waals surface area (Å²) in [5, 5.41) is 14.7. The van der Waals surface area contributed by atoms with E-state index in [9.17, 15) is 4.79 Å². The number of amides is 1. The van der Waals surface area contributed by atoms with E-state index in [0.717, 1.165) is 25.2 Å². The van der Waals surface area contributed by atoms with Crippen molar-refractivity contribution in [3.8, 4) is 6.07 Å². The Morgan fingerprint density at radius 3 is 2.82 bits per heavy atom. The van der Waals surface area contributed by atoms with E-state index in [0.29, 0.717) is 17.9 Å². The maximum Gasteiger partial charge on any atom is 0.224 e. The van der Waals surface area contributed by atoms with Crippen molar-refractivity contribution in [2.45, 2.75) is 12.8 Å². The highest BCUT2D eigenvalue weighted by atomic mass is 16.1. The Labute approximate surface area is 101 Å².